The highest BCUT2D eigenvalue weighted by molar-refractivity contribution is 6.48. The molecule has 5 heteroatoms. The summed E-state index contributed by atoms with van der Waals surface area (Å²) in [5.41, 5.74) is 1.02. The molecule has 1 amide bonds. The molecule has 3 heterocycles. The van der Waals surface area contributed by atoms with E-state index in [1.807, 2.05) is 41.3 Å². The third kappa shape index (κ3) is 2.41. The fraction of sp³-hybridized carbons (Fsp3) is 0.476. The maximum Gasteiger partial charge on any atom is 0.295 e. The molecule has 3 aliphatic heterocycles. The van der Waals surface area contributed by atoms with Gasteiger partial charge in [-0.1, -0.05) is 37.5 Å². The van der Waals surface area contributed by atoms with Crippen LogP contribution in [0.5, 0.6) is 0 Å². The summed E-state index contributed by atoms with van der Waals surface area (Å²) in [5.74, 6) is 1.55. The third-order valence-corrected chi connectivity index (χ3v) is 6.20. The van der Waals surface area contributed by atoms with Gasteiger partial charge < -0.3 is 4.90 Å². The van der Waals surface area contributed by atoms with Crippen LogP contribution in [0.15, 0.2) is 52.6 Å². The van der Waals surface area contributed by atoms with Crippen LogP contribution in [0.2, 0.25) is 0 Å². The number of nitrogens with zero attached hydrogens (tertiary/aromatic N) is 4. The van der Waals surface area contributed by atoms with Gasteiger partial charge in [-0.25, -0.2) is 4.99 Å². The van der Waals surface area contributed by atoms with Gasteiger partial charge in [-0.15, -0.1) is 0 Å². The molecule has 0 bridgehead atoms. The first kappa shape index (κ1) is 15.8. The Morgan fingerprint density at radius 1 is 1.04 bits per heavy atom. The Morgan fingerprint density at radius 2 is 1.85 bits per heavy atom. The van der Waals surface area contributed by atoms with Gasteiger partial charge in [-0.3, -0.25) is 14.7 Å². The highest BCUT2D eigenvalue weighted by Crippen LogP contribution is 2.42. The normalized spacial score (nSPS) is 26.9. The van der Waals surface area contributed by atoms with Gasteiger partial charge in [-0.05, 0) is 43.9 Å². The number of rotatable bonds is 1. The minimum atomic E-state index is -0.0101. The van der Waals surface area contributed by atoms with E-state index in [2.05, 4.69) is 9.89 Å². The Hall–Kier alpha value is -2.43. The molecule has 1 aromatic carbocycles. The van der Waals surface area contributed by atoms with E-state index in [4.69, 9.17) is 4.99 Å². The zero-order chi connectivity index (χ0) is 17.6. The molecule has 5 nitrogen and oxygen atoms in total. The average molecular weight is 348 g/mol. The fourth-order valence-corrected chi connectivity index (χ4v) is 4.90. The lowest BCUT2D eigenvalue weighted by Gasteiger charge is -2.49. The predicted molar refractivity (Wildman–Crippen MR) is 103 cm³/mol. The molecule has 1 aliphatic carbocycles. The number of anilines is 1. The number of benzene rings is 1. The standard InChI is InChI=1S/C21H24N4O/c26-20-19-22-14-7-15-24(19)18-17(25(20)16-8-3-1-4-9-16)10-13-21(23-18)11-5-2-6-12-21/h1,3-4,7-9,14,17H,2,5-6,10-13,15H2. The topological polar surface area (TPSA) is 48.3 Å². The highest BCUT2D eigenvalue weighted by atomic mass is 16.2. The van der Waals surface area contributed by atoms with E-state index >= 15 is 0 Å². The van der Waals surface area contributed by atoms with Crippen LogP contribution in [0.25, 0.3) is 0 Å². The SMILES string of the molecule is O=C1C2=NC=CCN2C2=NC3(CCCCC3)CCC2N1c1ccccc1. The van der Waals surface area contributed by atoms with Gasteiger partial charge in [0.25, 0.3) is 5.91 Å². The maximum absolute atomic E-state index is 13.2. The number of hydrogen-bond acceptors (Lipinski definition) is 4. The van der Waals surface area contributed by atoms with Crippen molar-refractivity contribution in [3.05, 3.63) is 42.6 Å². The van der Waals surface area contributed by atoms with Crippen LogP contribution in [-0.4, -0.2) is 40.6 Å². The first-order valence-corrected chi connectivity index (χ1v) is 9.76. The largest absolute Gasteiger partial charge is 0.304 e. The lowest BCUT2D eigenvalue weighted by Crippen LogP contribution is -2.65. The Morgan fingerprint density at radius 3 is 2.65 bits per heavy atom. The summed E-state index contributed by atoms with van der Waals surface area (Å²) >= 11 is 0. The van der Waals surface area contributed by atoms with Crippen LogP contribution in [0, 0.1) is 0 Å². The molecular formula is C21H24N4O. The van der Waals surface area contributed by atoms with Gasteiger partial charge >= 0.3 is 0 Å². The molecule has 1 atom stereocenters. The van der Waals surface area contributed by atoms with Gasteiger partial charge in [0, 0.05) is 18.4 Å². The van der Waals surface area contributed by atoms with Gasteiger partial charge in [0.1, 0.15) is 5.84 Å². The first-order valence-electron chi connectivity index (χ1n) is 9.76. The zero-order valence-corrected chi connectivity index (χ0v) is 15.0. The molecule has 2 fully saturated rings. The monoisotopic (exact) mass is 348 g/mol. The Kier molecular flexibility index (Phi) is 3.69. The number of para-hydroxylation sites is 1. The Labute approximate surface area is 154 Å². The van der Waals surface area contributed by atoms with Crippen molar-refractivity contribution in [2.24, 2.45) is 9.98 Å². The van der Waals surface area contributed by atoms with Crippen molar-refractivity contribution < 1.29 is 4.79 Å². The fourth-order valence-electron chi connectivity index (χ4n) is 4.90. The summed E-state index contributed by atoms with van der Waals surface area (Å²) in [5, 5.41) is 0. The van der Waals surface area contributed by atoms with Crippen LogP contribution in [0.1, 0.15) is 44.9 Å². The Bertz CT molecular complexity index is 805. The summed E-state index contributed by atoms with van der Waals surface area (Å²) in [6.45, 7) is 0.693. The second kappa shape index (κ2) is 6.08. The first-order chi connectivity index (χ1) is 12.8. The van der Waals surface area contributed by atoms with Crippen LogP contribution in [-0.2, 0) is 4.79 Å². The van der Waals surface area contributed by atoms with Crippen molar-refractivity contribution in [3.63, 3.8) is 0 Å². The number of amidine groups is 2. The Balaban J connectivity index is 1.61. The van der Waals surface area contributed by atoms with Crippen molar-refractivity contribution in [1.29, 1.82) is 0 Å². The summed E-state index contributed by atoms with van der Waals surface area (Å²) < 4.78 is 0. The average Bonchev–Trinajstić information content (AvgIpc) is 2.70. The summed E-state index contributed by atoms with van der Waals surface area (Å²) in [6.07, 6.45) is 12.0. The minimum absolute atomic E-state index is 0.0101. The zero-order valence-electron chi connectivity index (χ0n) is 15.0. The van der Waals surface area contributed by atoms with E-state index in [1.54, 1.807) is 6.20 Å². The van der Waals surface area contributed by atoms with E-state index in [9.17, 15) is 4.79 Å². The van der Waals surface area contributed by atoms with Crippen LogP contribution in [0.4, 0.5) is 5.69 Å². The number of piperazine rings is 1. The third-order valence-electron chi connectivity index (χ3n) is 6.20. The van der Waals surface area contributed by atoms with Gasteiger partial charge in [0.2, 0.25) is 5.84 Å². The molecule has 26 heavy (non-hydrogen) atoms. The van der Waals surface area contributed by atoms with Crippen molar-refractivity contribution in [2.75, 3.05) is 11.4 Å². The molecule has 1 aromatic rings. The minimum Gasteiger partial charge on any atom is -0.304 e. The van der Waals surface area contributed by atoms with E-state index in [-0.39, 0.29) is 17.5 Å². The number of fused-ring (bicyclic) bond motifs is 3. The molecule has 134 valence electrons. The molecule has 0 N–H and O–H groups in total. The molecule has 0 radical (unpaired) electrons. The number of carbonyl (C=O) groups is 1. The number of aliphatic imine (C=N–C) groups is 2. The predicted octanol–water partition coefficient (Wildman–Crippen LogP) is 3.52. The lowest BCUT2D eigenvalue weighted by molar-refractivity contribution is -0.113. The summed E-state index contributed by atoms with van der Waals surface area (Å²) in [4.78, 5) is 27.0. The van der Waals surface area contributed by atoms with Crippen LogP contribution >= 0.6 is 0 Å². The van der Waals surface area contributed by atoms with E-state index in [0.717, 1.165) is 24.4 Å². The van der Waals surface area contributed by atoms with Gasteiger partial charge in [0.15, 0.2) is 0 Å². The second-order valence-electron chi connectivity index (χ2n) is 7.77. The molecule has 0 aromatic heterocycles. The van der Waals surface area contributed by atoms with Crippen molar-refractivity contribution in [1.82, 2.24) is 4.90 Å². The van der Waals surface area contributed by atoms with Gasteiger partial charge in [0.05, 0.1) is 11.6 Å². The van der Waals surface area contributed by atoms with Gasteiger partial charge in [-0.2, -0.15) is 0 Å². The number of hydrogen-bond donors (Lipinski definition) is 0. The van der Waals surface area contributed by atoms with Crippen molar-refractivity contribution in [3.8, 4) is 0 Å². The maximum atomic E-state index is 13.2. The quantitative estimate of drug-likeness (QED) is 0.779. The molecule has 1 spiro atoms. The highest BCUT2D eigenvalue weighted by Gasteiger charge is 2.48. The van der Waals surface area contributed by atoms with Crippen LogP contribution < -0.4 is 4.90 Å². The lowest BCUT2D eigenvalue weighted by atomic mass is 9.76. The smallest absolute Gasteiger partial charge is 0.295 e. The van der Waals surface area contributed by atoms with E-state index in [0.29, 0.717) is 12.4 Å². The second-order valence-corrected chi connectivity index (χ2v) is 7.77. The summed E-state index contributed by atoms with van der Waals surface area (Å²) in [7, 11) is 0. The molecule has 5 rings (SSSR count). The van der Waals surface area contributed by atoms with Crippen molar-refractivity contribution >= 4 is 23.3 Å². The number of carbonyl (C=O) groups excluding carboxylic acids is 1. The van der Waals surface area contributed by atoms with E-state index in [1.165, 1.54) is 32.1 Å². The molecule has 1 unspecified atom stereocenters. The van der Waals surface area contributed by atoms with Crippen molar-refractivity contribution in [2.45, 2.75) is 56.5 Å². The summed E-state index contributed by atoms with van der Waals surface area (Å²) in [6, 6.07) is 9.99. The van der Waals surface area contributed by atoms with E-state index < -0.39 is 0 Å². The molecular weight excluding hydrogens is 324 g/mol. The number of amides is 1. The molecule has 1 saturated heterocycles. The molecule has 1 saturated carbocycles. The molecule has 4 aliphatic rings. The van der Waals surface area contributed by atoms with Crippen LogP contribution in [0.3, 0.4) is 0 Å².